The highest BCUT2D eigenvalue weighted by atomic mass is 35.5. The summed E-state index contributed by atoms with van der Waals surface area (Å²) in [5.41, 5.74) is 0.900. The summed E-state index contributed by atoms with van der Waals surface area (Å²) in [6.07, 6.45) is 8.26. The predicted molar refractivity (Wildman–Crippen MR) is 89.4 cm³/mol. The van der Waals surface area contributed by atoms with Crippen molar-refractivity contribution >= 4 is 22.5 Å². The van der Waals surface area contributed by atoms with Crippen LogP contribution in [-0.4, -0.2) is 11.2 Å². The Balaban J connectivity index is 1.93. The molecule has 120 valence electrons. The average Bonchev–Trinajstić information content (AvgIpc) is 2.96. The number of ether oxygens (including phenoxy) is 1. The zero-order chi connectivity index (χ0) is 15.7. The first-order chi connectivity index (χ1) is 10.6. The van der Waals surface area contributed by atoms with Crippen LogP contribution in [0.25, 0.3) is 10.9 Å². The maximum Gasteiger partial charge on any atom is 0.146 e. The Morgan fingerprint density at radius 3 is 2.73 bits per heavy atom. The maximum atomic E-state index is 14.1. The lowest BCUT2D eigenvalue weighted by molar-refractivity contribution is 0.209. The molecule has 1 heterocycles. The summed E-state index contributed by atoms with van der Waals surface area (Å²) >= 11 is 6.12. The number of fused-ring (bicyclic) bond motifs is 1. The van der Waals surface area contributed by atoms with Crippen LogP contribution in [0.2, 0.25) is 5.02 Å². The van der Waals surface area contributed by atoms with Crippen molar-refractivity contribution in [1.29, 1.82) is 0 Å². The van der Waals surface area contributed by atoms with E-state index in [0.29, 0.717) is 18.3 Å². The van der Waals surface area contributed by atoms with Gasteiger partial charge in [0.05, 0.1) is 17.1 Å². The van der Waals surface area contributed by atoms with Crippen molar-refractivity contribution in [3.8, 4) is 5.75 Å². The van der Waals surface area contributed by atoms with Gasteiger partial charge in [-0.05, 0) is 38.7 Å². The van der Waals surface area contributed by atoms with E-state index in [1.807, 2.05) is 12.3 Å². The van der Waals surface area contributed by atoms with Crippen LogP contribution in [0.15, 0.2) is 18.3 Å². The first kappa shape index (κ1) is 15.7. The molecule has 0 amide bonds. The molecule has 1 aliphatic rings. The van der Waals surface area contributed by atoms with E-state index in [4.69, 9.17) is 16.3 Å². The first-order valence-corrected chi connectivity index (χ1v) is 8.57. The molecule has 1 aliphatic carbocycles. The van der Waals surface area contributed by atoms with E-state index >= 15 is 0 Å². The van der Waals surface area contributed by atoms with Gasteiger partial charge >= 0.3 is 0 Å². The predicted octanol–water partition coefficient (Wildman–Crippen LogP) is 5.97. The zero-order valence-electron chi connectivity index (χ0n) is 13.2. The summed E-state index contributed by atoms with van der Waals surface area (Å²) in [6.45, 7) is 4.86. The Kier molecular flexibility index (Phi) is 4.62. The van der Waals surface area contributed by atoms with E-state index in [1.165, 1.54) is 38.2 Å². The molecule has 0 unspecified atom stereocenters. The molecular formula is C18H23ClFNO. The van der Waals surface area contributed by atoms with Crippen molar-refractivity contribution in [2.75, 3.05) is 6.61 Å². The van der Waals surface area contributed by atoms with Crippen LogP contribution in [0.1, 0.15) is 52.0 Å². The minimum atomic E-state index is -0.408. The van der Waals surface area contributed by atoms with Crippen LogP contribution in [0.3, 0.4) is 0 Å². The summed E-state index contributed by atoms with van der Waals surface area (Å²) in [7, 11) is 0. The highest BCUT2D eigenvalue weighted by molar-refractivity contribution is 6.35. The standard InChI is InChI=1S/C18H23ClFNO/c1-12(2)21-9-8-14-17(19)15(20)10-16(18(14)21)22-11-13-6-4-3-5-7-13/h8-10,12-13H,3-7,11H2,1-2H3. The van der Waals surface area contributed by atoms with Crippen molar-refractivity contribution in [3.05, 3.63) is 29.2 Å². The Morgan fingerprint density at radius 2 is 2.05 bits per heavy atom. The molecule has 1 aromatic carbocycles. The molecule has 0 N–H and O–H groups in total. The fourth-order valence-electron chi connectivity index (χ4n) is 3.36. The number of benzene rings is 1. The van der Waals surface area contributed by atoms with E-state index in [0.717, 1.165) is 10.9 Å². The van der Waals surface area contributed by atoms with Gasteiger partial charge in [0.15, 0.2) is 0 Å². The van der Waals surface area contributed by atoms with Crippen LogP contribution in [0.4, 0.5) is 4.39 Å². The van der Waals surface area contributed by atoms with Gasteiger partial charge in [-0.25, -0.2) is 4.39 Å². The van der Waals surface area contributed by atoms with Crippen LogP contribution >= 0.6 is 11.6 Å². The highest BCUT2D eigenvalue weighted by Crippen LogP contribution is 2.37. The molecule has 3 rings (SSSR count). The molecule has 0 aliphatic heterocycles. The van der Waals surface area contributed by atoms with E-state index < -0.39 is 5.82 Å². The summed E-state index contributed by atoms with van der Waals surface area (Å²) < 4.78 is 22.2. The summed E-state index contributed by atoms with van der Waals surface area (Å²) in [5, 5.41) is 0.911. The van der Waals surface area contributed by atoms with Crippen molar-refractivity contribution in [1.82, 2.24) is 4.57 Å². The molecule has 0 saturated heterocycles. The third-order valence-corrected chi connectivity index (χ3v) is 4.99. The normalized spacial score (nSPS) is 16.6. The average molecular weight is 324 g/mol. The molecule has 0 atom stereocenters. The Hall–Kier alpha value is -1.22. The lowest BCUT2D eigenvalue weighted by Crippen LogP contribution is -2.15. The number of nitrogens with zero attached hydrogens (tertiary/aromatic N) is 1. The second-order valence-electron chi connectivity index (χ2n) is 6.56. The van der Waals surface area contributed by atoms with Crippen LogP contribution in [-0.2, 0) is 0 Å². The fourth-order valence-corrected chi connectivity index (χ4v) is 3.57. The molecule has 0 radical (unpaired) electrons. The van der Waals surface area contributed by atoms with Crippen molar-refractivity contribution in [3.63, 3.8) is 0 Å². The van der Waals surface area contributed by atoms with Crippen molar-refractivity contribution in [2.45, 2.75) is 52.0 Å². The molecule has 22 heavy (non-hydrogen) atoms. The monoisotopic (exact) mass is 323 g/mol. The number of aromatic nitrogens is 1. The SMILES string of the molecule is CC(C)n1ccc2c(Cl)c(F)cc(OCC3CCCCC3)c21. The number of hydrogen-bond donors (Lipinski definition) is 0. The van der Waals surface area contributed by atoms with E-state index in [2.05, 4.69) is 18.4 Å². The van der Waals surface area contributed by atoms with Crippen LogP contribution in [0, 0.1) is 11.7 Å². The number of rotatable bonds is 4. The topological polar surface area (TPSA) is 14.2 Å². The number of hydrogen-bond acceptors (Lipinski definition) is 1. The second-order valence-corrected chi connectivity index (χ2v) is 6.94. The van der Waals surface area contributed by atoms with Gasteiger partial charge in [0.1, 0.15) is 11.6 Å². The van der Waals surface area contributed by atoms with E-state index in [-0.39, 0.29) is 11.1 Å². The van der Waals surface area contributed by atoms with E-state index in [9.17, 15) is 4.39 Å². The van der Waals surface area contributed by atoms with Crippen molar-refractivity contribution < 1.29 is 9.13 Å². The largest absolute Gasteiger partial charge is 0.491 e. The Morgan fingerprint density at radius 1 is 1.32 bits per heavy atom. The summed E-state index contributed by atoms with van der Waals surface area (Å²) in [5.74, 6) is 0.792. The molecule has 2 nitrogen and oxygen atoms in total. The molecule has 4 heteroatoms. The van der Waals surface area contributed by atoms with Gasteiger partial charge in [-0.3, -0.25) is 0 Å². The zero-order valence-corrected chi connectivity index (χ0v) is 14.0. The minimum Gasteiger partial charge on any atom is -0.491 e. The second kappa shape index (κ2) is 6.49. The van der Waals surface area contributed by atoms with Gasteiger partial charge in [0.2, 0.25) is 0 Å². The van der Waals surface area contributed by atoms with Crippen LogP contribution in [0.5, 0.6) is 5.75 Å². The van der Waals surface area contributed by atoms with Crippen LogP contribution < -0.4 is 4.74 Å². The smallest absolute Gasteiger partial charge is 0.146 e. The molecule has 0 bridgehead atoms. The quantitative estimate of drug-likeness (QED) is 0.675. The molecule has 1 saturated carbocycles. The van der Waals surface area contributed by atoms with Gasteiger partial charge in [-0.2, -0.15) is 0 Å². The molecule has 0 spiro atoms. The lowest BCUT2D eigenvalue weighted by atomic mass is 9.90. The van der Waals surface area contributed by atoms with E-state index in [1.54, 1.807) is 0 Å². The van der Waals surface area contributed by atoms with Gasteiger partial charge in [0.25, 0.3) is 0 Å². The van der Waals surface area contributed by atoms with Gasteiger partial charge in [0, 0.05) is 23.7 Å². The van der Waals surface area contributed by atoms with Gasteiger partial charge in [-0.1, -0.05) is 30.9 Å². The molecular weight excluding hydrogens is 301 g/mol. The summed E-state index contributed by atoms with van der Waals surface area (Å²) in [4.78, 5) is 0. The summed E-state index contributed by atoms with van der Waals surface area (Å²) in [6, 6.07) is 3.58. The molecule has 1 aromatic heterocycles. The molecule has 2 aromatic rings. The Bertz CT molecular complexity index is 659. The lowest BCUT2D eigenvalue weighted by Gasteiger charge is -2.22. The highest BCUT2D eigenvalue weighted by Gasteiger charge is 2.19. The molecule has 1 fully saturated rings. The number of halogens is 2. The Labute approximate surface area is 136 Å². The van der Waals surface area contributed by atoms with Crippen molar-refractivity contribution in [2.24, 2.45) is 5.92 Å². The third-order valence-electron chi connectivity index (χ3n) is 4.61. The van der Waals surface area contributed by atoms with Gasteiger partial charge in [-0.15, -0.1) is 0 Å². The third kappa shape index (κ3) is 2.96. The minimum absolute atomic E-state index is 0.180. The fraction of sp³-hybridized carbons (Fsp3) is 0.556. The maximum absolute atomic E-state index is 14.1. The first-order valence-electron chi connectivity index (χ1n) is 8.19. The van der Waals surface area contributed by atoms with Gasteiger partial charge < -0.3 is 9.30 Å².